The predicted molar refractivity (Wildman–Crippen MR) is 58.8 cm³/mol. The third-order valence-electron chi connectivity index (χ3n) is 2.16. The number of nitrogens with zero attached hydrogens (tertiary/aromatic N) is 1. The number of carbonyl (C=O) groups excluding carboxylic acids is 2. The second kappa shape index (κ2) is 5.95. The van der Waals surface area contributed by atoms with E-state index >= 15 is 0 Å². The number of hydrogen-bond acceptors (Lipinski definition) is 3. The maximum atomic E-state index is 11.2. The Bertz CT molecular complexity index is 371. The first kappa shape index (κ1) is 12.3. The minimum Gasteiger partial charge on any atom is -0.459 e. The summed E-state index contributed by atoms with van der Waals surface area (Å²) in [5.41, 5.74) is 1.12. The zero-order valence-electron chi connectivity index (χ0n) is 9.53. The van der Waals surface area contributed by atoms with Crippen molar-refractivity contribution < 1.29 is 14.3 Å². The standard InChI is InChI=1S/C11H16N2O3/c1-3-16-11(15)10(14)12-6-8-13-7-4-5-9(13)2/h4-5,7H,3,6,8H2,1-2H3,(H,12,14). The number of ether oxygens (including phenoxy) is 1. The molecule has 1 N–H and O–H groups in total. The number of aromatic nitrogens is 1. The van der Waals surface area contributed by atoms with Crippen LogP contribution >= 0.6 is 0 Å². The highest BCUT2D eigenvalue weighted by molar-refractivity contribution is 6.32. The van der Waals surface area contributed by atoms with E-state index in [9.17, 15) is 9.59 Å². The molecule has 5 heteroatoms. The lowest BCUT2D eigenvalue weighted by Gasteiger charge is -2.07. The van der Waals surface area contributed by atoms with E-state index < -0.39 is 11.9 Å². The number of carbonyl (C=O) groups is 2. The second-order valence-electron chi connectivity index (χ2n) is 3.32. The maximum Gasteiger partial charge on any atom is 0.396 e. The number of aryl methyl sites for hydroxylation is 1. The molecular weight excluding hydrogens is 208 g/mol. The number of rotatable bonds is 4. The molecule has 0 bridgehead atoms. The Kier molecular flexibility index (Phi) is 4.57. The van der Waals surface area contributed by atoms with Gasteiger partial charge >= 0.3 is 11.9 Å². The molecule has 88 valence electrons. The molecule has 5 nitrogen and oxygen atoms in total. The Labute approximate surface area is 94.4 Å². The summed E-state index contributed by atoms with van der Waals surface area (Å²) in [7, 11) is 0. The summed E-state index contributed by atoms with van der Waals surface area (Å²) in [6.45, 7) is 4.90. The van der Waals surface area contributed by atoms with Gasteiger partial charge in [-0.1, -0.05) is 0 Å². The van der Waals surface area contributed by atoms with Gasteiger partial charge in [-0.2, -0.15) is 0 Å². The van der Waals surface area contributed by atoms with E-state index in [0.29, 0.717) is 13.1 Å². The van der Waals surface area contributed by atoms with Gasteiger partial charge in [0.15, 0.2) is 0 Å². The smallest absolute Gasteiger partial charge is 0.396 e. The SMILES string of the molecule is CCOC(=O)C(=O)NCCn1cccc1C. The van der Waals surface area contributed by atoms with Crippen LogP contribution < -0.4 is 5.32 Å². The molecule has 1 aromatic rings. The van der Waals surface area contributed by atoms with Crippen LogP contribution in [0.15, 0.2) is 18.3 Å². The van der Waals surface area contributed by atoms with Crippen LogP contribution in [0.1, 0.15) is 12.6 Å². The monoisotopic (exact) mass is 224 g/mol. The van der Waals surface area contributed by atoms with Gasteiger partial charge in [-0.05, 0) is 26.0 Å². The predicted octanol–water partition coefficient (Wildman–Crippen LogP) is 0.476. The number of nitrogens with one attached hydrogen (secondary N) is 1. The van der Waals surface area contributed by atoms with Gasteiger partial charge in [0, 0.05) is 25.0 Å². The molecule has 0 radical (unpaired) electrons. The molecule has 0 saturated carbocycles. The lowest BCUT2D eigenvalue weighted by Crippen LogP contribution is -2.34. The van der Waals surface area contributed by atoms with Gasteiger partial charge in [0.1, 0.15) is 0 Å². The molecule has 0 aromatic carbocycles. The van der Waals surface area contributed by atoms with E-state index in [-0.39, 0.29) is 6.61 Å². The van der Waals surface area contributed by atoms with Crippen molar-refractivity contribution >= 4 is 11.9 Å². The summed E-state index contributed by atoms with van der Waals surface area (Å²) in [5.74, 6) is -1.52. The zero-order chi connectivity index (χ0) is 12.0. The second-order valence-corrected chi connectivity index (χ2v) is 3.32. The van der Waals surface area contributed by atoms with Crippen molar-refractivity contribution in [2.75, 3.05) is 13.2 Å². The third-order valence-corrected chi connectivity index (χ3v) is 2.16. The van der Waals surface area contributed by atoms with Crippen LogP contribution in [0.5, 0.6) is 0 Å². The molecule has 0 unspecified atom stereocenters. The van der Waals surface area contributed by atoms with E-state index in [1.54, 1.807) is 6.92 Å². The fourth-order valence-corrected chi connectivity index (χ4v) is 1.31. The minimum atomic E-state index is -0.827. The fraction of sp³-hybridized carbons (Fsp3) is 0.455. The molecule has 1 rings (SSSR count). The van der Waals surface area contributed by atoms with Crippen LogP contribution in [0.2, 0.25) is 0 Å². The average molecular weight is 224 g/mol. The Hall–Kier alpha value is -1.78. The summed E-state index contributed by atoms with van der Waals surface area (Å²) in [6, 6.07) is 3.91. The molecule has 0 atom stereocenters. The quantitative estimate of drug-likeness (QED) is 0.597. The van der Waals surface area contributed by atoms with Gasteiger partial charge in [-0.25, -0.2) is 4.79 Å². The minimum absolute atomic E-state index is 0.211. The van der Waals surface area contributed by atoms with Crippen molar-refractivity contribution in [3.8, 4) is 0 Å². The molecule has 1 amide bonds. The van der Waals surface area contributed by atoms with Crippen molar-refractivity contribution in [2.24, 2.45) is 0 Å². The Morgan fingerprint density at radius 2 is 2.25 bits per heavy atom. The highest BCUT2D eigenvalue weighted by Crippen LogP contribution is 1.98. The van der Waals surface area contributed by atoms with Crippen LogP contribution in [0.4, 0.5) is 0 Å². The lowest BCUT2D eigenvalue weighted by molar-refractivity contribution is -0.154. The Balaban J connectivity index is 2.28. The van der Waals surface area contributed by atoms with Crippen LogP contribution in [0.25, 0.3) is 0 Å². The van der Waals surface area contributed by atoms with E-state index in [1.807, 2.05) is 29.8 Å². The van der Waals surface area contributed by atoms with Crippen molar-refractivity contribution in [1.29, 1.82) is 0 Å². The van der Waals surface area contributed by atoms with E-state index in [2.05, 4.69) is 10.1 Å². The summed E-state index contributed by atoms with van der Waals surface area (Å²) in [5, 5.41) is 2.50. The summed E-state index contributed by atoms with van der Waals surface area (Å²) < 4.78 is 6.55. The van der Waals surface area contributed by atoms with E-state index in [1.165, 1.54) is 0 Å². The van der Waals surface area contributed by atoms with Gasteiger partial charge in [0.2, 0.25) is 0 Å². The summed E-state index contributed by atoms with van der Waals surface area (Å²) in [6.07, 6.45) is 1.92. The summed E-state index contributed by atoms with van der Waals surface area (Å²) >= 11 is 0. The number of hydrogen-bond donors (Lipinski definition) is 1. The van der Waals surface area contributed by atoms with Crippen LogP contribution in [-0.2, 0) is 20.9 Å². The van der Waals surface area contributed by atoms with Crippen LogP contribution in [-0.4, -0.2) is 29.6 Å². The fourth-order valence-electron chi connectivity index (χ4n) is 1.31. The van der Waals surface area contributed by atoms with Crippen molar-refractivity contribution in [3.05, 3.63) is 24.0 Å². The molecular formula is C11H16N2O3. The Morgan fingerprint density at radius 3 is 2.81 bits per heavy atom. The third kappa shape index (κ3) is 3.42. The zero-order valence-corrected chi connectivity index (χ0v) is 9.53. The lowest BCUT2D eigenvalue weighted by atomic mass is 10.4. The topological polar surface area (TPSA) is 60.3 Å². The van der Waals surface area contributed by atoms with Crippen molar-refractivity contribution in [3.63, 3.8) is 0 Å². The Morgan fingerprint density at radius 1 is 1.50 bits per heavy atom. The number of amides is 1. The molecule has 1 aromatic heterocycles. The largest absolute Gasteiger partial charge is 0.459 e. The van der Waals surface area contributed by atoms with Crippen molar-refractivity contribution in [1.82, 2.24) is 9.88 Å². The molecule has 0 aliphatic carbocycles. The van der Waals surface area contributed by atoms with Crippen LogP contribution in [0, 0.1) is 6.92 Å². The molecule has 0 aliphatic rings. The summed E-state index contributed by atoms with van der Waals surface area (Å²) in [4.78, 5) is 22.1. The van der Waals surface area contributed by atoms with Gasteiger partial charge < -0.3 is 14.6 Å². The first-order chi connectivity index (χ1) is 7.65. The molecule has 0 spiro atoms. The van der Waals surface area contributed by atoms with Gasteiger partial charge in [0.25, 0.3) is 0 Å². The molecule has 16 heavy (non-hydrogen) atoms. The normalized spacial score (nSPS) is 9.88. The highest BCUT2D eigenvalue weighted by atomic mass is 16.5. The van der Waals surface area contributed by atoms with Crippen LogP contribution in [0.3, 0.4) is 0 Å². The van der Waals surface area contributed by atoms with Gasteiger partial charge in [0.05, 0.1) is 6.61 Å². The highest BCUT2D eigenvalue weighted by Gasteiger charge is 2.13. The molecule has 0 saturated heterocycles. The first-order valence-corrected chi connectivity index (χ1v) is 5.22. The maximum absolute atomic E-state index is 11.2. The molecule has 0 fully saturated rings. The van der Waals surface area contributed by atoms with E-state index in [0.717, 1.165) is 5.69 Å². The molecule has 0 aliphatic heterocycles. The van der Waals surface area contributed by atoms with Crippen molar-refractivity contribution in [2.45, 2.75) is 20.4 Å². The first-order valence-electron chi connectivity index (χ1n) is 5.22. The molecule has 1 heterocycles. The average Bonchev–Trinajstić information content (AvgIpc) is 2.65. The van der Waals surface area contributed by atoms with E-state index in [4.69, 9.17) is 0 Å². The number of esters is 1. The van der Waals surface area contributed by atoms with Gasteiger partial charge in [-0.15, -0.1) is 0 Å². The van der Waals surface area contributed by atoms with Gasteiger partial charge in [-0.3, -0.25) is 4.79 Å².